The average molecular weight is 463 g/mol. The van der Waals surface area contributed by atoms with Crippen molar-refractivity contribution in [3.05, 3.63) is 51.6 Å². The molecule has 1 amide bonds. The number of hydrogen-bond donors (Lipinski definition) is 1. The van der Waals surface area contributed by atoms with Gasteiger partial charge in [0.1, 0.15) is 5.82 Å². The number of amides is 1. The van der Waals surface area contributed by atoms with Gasteiger partial charge >= 0.3 is 5.97 Å². The van der Waals surface area contributed by atoms with Gasteiger partial charge in [0.2, 0.25) is 5.91 Å². The van der Waals surface area contributed by atoms with Gasteiger partial charge in [0.25, 0.3) is 0 Å². The molecule has 0 spiro atoms. The van der Waals surface area contributed by atoms with Crippen LogP contribution in [0.5, 0.6) is 0 Å². The number of rotatable bonds is 6. The lowest BCUT2D eigenvalue weighted by Crippen LogP contribution is -2.41. The molecule has 9 heteroatoms. The number of nitrogens with zero attached hydrogens (tertiary/aromatic N) is 4. The molecule has 1 fully saturated rings. The highest BCUT2D eigenvalue weighted by molar-refractivity contribution is 6.30. The Morgan fingerprint density at radius 2 is 2.00 bits per heavy atom. The van der Waals surface area contributed by atoms with Gasteiger partial charge in [-0.2, -0.15) is 5.10 Å². The minimum atomic E-state index is -0.811. The Labute approximate surface area is 191 Å². The molecule has 1 saturated heterocycles. The van der Waals surface area contributed by atoms with E-state index in [1.165, 1.54) is 6.07 Å². The summed E-state index contributed by atoms with van der Waals surface area (Å²) in [5.74, 6) is -0.773. The Bertz CT molecular complexity index is 1020. The van der Waals surface area contributed by atoms with E-state index in [1.54, 1.807) is 16.8 Å². The molecule has 0 aliphatic carbocycles. The number of carbonyl (C=O) groups is 2. The van der Waals surface area contributed by atoms with Gasteiger partial charge in [-0.25, -0.2) is 4.39 Å². The zero-order chi connectivity index (χ0) is 22.8. The van der Waals surface area contributed by atoms with Gasteiger partial charge in [0, 0.05) is 23.6 Å². The largest absolute Gasteiger partial charge is 0.480 e. The minimum Gasteiger partial charge on any atom is -0.480 e. The predicted octanol–water partition coefficient (Wildman–Crippen LogP) is 3.10. The Morgan fingerprint density at radius 3 is 2.69 bits per heavy atom. The second-order valence-electron chi connectivity index (χ2n) is 8.79. The normalized spacial score (nSPS) is 17.4. The summed E-state index contributed by atoms with van der Waals surface area (Å²) in [6, 6.07) is 4.64. The van der Waals surface area contributed by atoms with Crippen molar-refractivity contribution in [3.8, 4) is 0 Å². The number of aliphatic carboxylic acids is 1. The van der Waals surface area contributed by atoms with Crippen LogP contribution in [-0.2, 0) is 29.1 Å². The second kappa shape index (κ2) is 9.58. The molecular weight excluding hydrogens is 435 g/mol. The number of carboxylic acids is 1. The molecule has 3 heterocycles. The summed E-state index contributed by atoms with van der Waals surface area (Å²) in [6.07, 6.45) is 2.90. The molecule has 7 nitrogen and oxygen atoms in total. The first-order valence-electron chi connectivity index (χ1n) is 11.0. The molecule has 1 aromatic heterocycles. The van der Waals surface area contributed by atoms with Gasteiger partial charge in [0.15, 0.2) is 0 Å². The van der Waals surface area contributed by atoms with Crippen LogP contribution in [0.3, 0.4) is 0 Å². The lowest BCUT2D eigenvalue weighted by atomic mass is 9.92. The van der Waals surface area contributed by atoms with E-state index in [0.29, 0.717) is 49.7 Å². The molecule has 1 aromatic carbocycles. The average Bonchev–Trinajstić information content (AvgIpc) is 3.06. The van der Waals surface area contributed by atoms with Crippen molar-refractivity contribution in [2.24, 2.45) is 5.92 Å². The fourth-order valence-corrected chi connectivity index (χ4v) is 4.90. The number of benzene rings is 1. The van der Waals surface area contributed by atoms with Crippen molar-refractivity contribution in [2.45, 2.75) is 45.7 Å². The molecule has 172 valence electrons. The maximum atomic E-state index is 14.3. The third kappa shape index (κ3) is 5.13. The van der Waals surface area contributed by atoms with Crippen LogP contribution in [0.15, 0.2) is 18.2 Å². The van der Waals surface area contributed by atoms with E-state index in [-0.39, 0.29) is 24.2 Å². The Balaban J connectivity index is 1.40. The van der Waals surface area contributed by atoms with E-state index >= 15 is 0 Å². The first-order valence-corrected chi connectivity index (χ1v) is 11.4. The van der Waals surface area contributed by atoms with Crippen LogP contribution in [0.4, 0.5) is 4.39 Å². The summed E-state index contributed by atoms with van der Waals surface area (Å²) >= 11 is 5.87. The SMILES string of the molecule is Cc1nn(Cc2ccc(Cl)cc2F)c2c1CCN(C(=O)CC1CCN(CC(=O)O)CC1)C2. The molecule has 0 bridgehead atoms. The molecule has 2 aliphatic heterocycles. The molecule has 2 aliphatic rings. The number of carboxylic acid groups (broad SMARTS) is 1. The predicted molar refractivity (Wildman–Crippen MR) is 118 cm³/mol. The number of aryl methyl sites for hydroxylation is 1. The maximum absolute atomic E-state index is 14.3. The third-order valence-corrected chi connectivity index (χ3v) is 6.79. The quantitative estimate of drug-likeness (QED) is 0.713. The summed E-state index contributed by atoms with van der Waals surface area (Å²) in [5.41, 5.74) is 3.54. The lowest BCUT2D eigenvalue weighted by molar-refractivity contribution is -0.139. The minimum absolute atomic E-state index is 0.0626. The van der Waals surface area contributed by atoms with Crippen LogP contribution in [-0.4, -0.2) is 62.7 Å². The van der Waals surface area contributed by atoms with E-state index in [4.69, 9.17) is 16.7 Å². The van der Waals surface area contributed by atoms with Crippen molar-refractivity contribution < 1.29 is 19.1 Å². The Hall–Kier alpha value is -2.45. The van der Waals surface area contributed by atoms with Crippen molar-refractivity contribution >= 4 is 23.5 Å². The number of hydrogen-bond acceptors (Lipinski definition) is 4. The first kappa shape index (κ1) is 22.7. The third-order valence-electron chi connectivity index (χ3n) is 6.56. The first-order chi connectivity index (χ1) is 15.3. The van der Waals surface area contributed by atoms with Crippen molar-refractivity contribution in [2.75, 3.05) is 26.2 Å². The van der Waals surface area contributed by atoms with E-state index in [2.05, 4.69) is 5.10 Å². The van der Waals surface area contributed by atoms with Crippen molar-refractivity contribution in [1.82, 2.24) is 19.6 Å². The summed E-state index contributed by atoms with van der Waals surface area (Å²) < 4.78 is 16.1. The molecule has 0 radical (unpaired) electrons. The van der Waals surface area contributed by atoms with Crippen molar-refractivity contribution in [1.29, 1.82) is 0 Å². The van der Waals surface area contributed by atoms with Gasteiger partial charge in [-0.05, 0) is 62.9 Å². The molecule has 4 rings (SSSR count). The fraction of sp³-hybridized carbons (Fsp3) is 0.522. The zero-order valence-corrected chi connectivity index (χ0v) is 18.9. The summed E-state index contributed by atoms with van der Waals surface area (Å²) in [5, 5.41) is 13.9. The smallest absolute Gasteiger partial charge is 0.317 e. The van der Waals surface area contributed by atoms with Crippen molar-refractivity contribution in [3.63, 3.8) is 0 Å². The van der Waals surface area contributed by atoms with Crippen LogP contribution in [0.25, 0.3) is 0 Å². The topological polar surface area (TPSA) is 78.7 Å². The van der Waals surface area contributed by atoms with Crippen LogP contribution in [0.2, 0.25) is 5.02 Å². The molecule has 1 N–H and O–H groups in total. The molecule has 0 atom stereocenters. The highest BCUT2D eigenvalue weighted by Gasteiger charge is 2.29. The standard InChI is InChI=1S/C23H28ClFN4O3/c1-15-19-6-9-28(22(30)10-16-4-7-27(8-5-16)14-23(31)32)13-21(19)29(26-15)12-17-2-3-18(24)11-20(17)25/h2-3,11,16H,4-10,12-14H2,1H3,(H,31,32). The highest BCUT2D eigenvalue weighted by Crippen LogP contribution is 2.27. The maximum Gasteiger partial charge on any atom is 0.317 e. The van der Waals surface area contributed by atoms with Gasteiger partial charge in [-0.1, -0.05) is 17.7 Å². The second-order valence-corrected chi connectivity index (χ2v) is 9.22. The molecule has 0 unspecified atom stereocenters. The number of likely N-dealkylation sites (tertiary alicyclic amines) is 1. The Kier molecular flexibility index (Phi) is 6.81. The highest BCUT2D eigenvalue weighted by atomic mass is 35.5. The zero-order valence-electron chi connectivity index (χ0n) is 18.2. The summed E-state index contributed by atoms with van der Waals surface area (Å²) in [6.45, 7) is 4.87. The van der Waals surface area contributed by atoms with Gasteiger partial charge in [-0.3, -0.25) is 19.2 Å². The summed E-state index contributed by atoms with van der Waals surface area (Å²) in [7, 11) is 0. The van der Waals surface area contributed by atoms with Gasteiger partial charge < -0.3 is 10.0 Å². The number of fused-ring (bicyclic) bond motifs is 1. The van der Waals surface area contributed by atoms with Gasteiger partial charge in [-0.15, -0.1) is 0 Å². The van der Waals surface area contributed by atoms with E-state index in [1.807, 2.05) is 16.7 Å². The van der Waals surface area contributed by atoms with E-state index in [9.17, 15) is 14.0 Å². The van der Waals surface area contributed by atoms with Crippen LogP contribution < -0.4 is 0 Å². The van der Waals surface area contributed by atoms with Crippen LogP contribution in [0.1, 0.15) is 41.8 Å². The Morgan fingerprint density at radius 1 is 1.25 bits per heavy atom. The molecular formula is C23H28ClFN4O3. The summed E-state index contributed by atoms with van der Waals surface area (Å²) in [4.78, 5) is 27.7. The van der Waals surface area contributed by atoms with Crippen LogP contribution in [0, 0.1) is 18.7 Å². The lowest BCUT2D eigenvalue weighted by Gasteiger charge is -2.33. The molecule has 0 saturated carbocycles. The van der Waals surface area contributed by atoms with E-state index in [0.717, 1.165) is 36.2 Å². The fourth-order valence-electron chi connectivity index (χ4n) is 4.75. The van der Waals surface area contributed by atoms with Crippen LogP contribution >= 0.6 is 11.6 Å². The monoisotopic (exact) mass is 462 g/mol. The number of aromatic nitrogens is 2. The number of piperidine rings is 1. The van der Waals surface area contributed by atoms with E-state index < -0.39 is 5.97 Å². The van der Waals surface area contributed by atoms with Gasteiger partial charge in [0.05, 0.1) is 31.0 Å². The number of halogens is 2. The molecule has 2 aromatic rings. The molecule has 32 heavy (non-hydrogen) atoms. The number of carbonyl (C=O) groups excluding carboxylic acids is 1.